The monoisotopic (exact) mass is 451 g/mol. The average Bonchev–Trinajstić information content (AvgIpc) is 2.88. The standard InChI is InChI=1S/C29H25NO4/c1-34-29(33)26(30-27(31)19-21-13-14-22-7-5-6-10-25(22)17-21)18-20-11-15-24(16-12-20)28(32)23-8-3-2-4-9-23/h2-17,26H,18-19H2,1H3,(H,30,31)/t26-/m0/s1. The Balaban J connectivity index is 1.42. The maximum Gasteiger partial charge on any atom is 0.328 e. The lowest BCUT2D eigenvalue weighted by atomic mass is 9.99. The SMILES string of the molecule is COC(=O)[C@H](Cc1ccc(C(=O)c2ccccc2)cc1)NC(=O)Cc1ccc2ccccc2c1. The fourth-order valence-electron chi connectivity index (χ4n) is 3.90. The number of hydrogen-bond donors (Lipinski definition) is 1. The second kappa shape index (κ2) is 10.6. The van der Waals surface area contributed by atoms with E-state index in [1.807, 2.05) is 60.7 Å². The van der Waals surface area contributed by atoms with Crippen LogP contribution in [0.5, 0.6) is 0 Å². The molecule has 0 fully saturated rings. The molecule has 170 valence electrons. The first-order chi connectivity index (χ1) is 16.5. The van der Waals surface area contributed by atoms with Gasteiger partial charge in [0.1, 0.15) is 6.04 Å². The molecule has 0 aliphatic carbocycles. The summed E-state index contributed by atoms with van der Waals surface area (Å²) in [6, 6.07) is 29.1. The van der Waals surface area contributed by atoms with Crippen LogP contribution in [0.2, 0.25) is 0 Å². The van der Waals surface area contributed by atoms with Crippen LogP contribution in [0.1, 0.15) is 27.0 Å². The Morgan fingerprint density at radius 2 is 1.35 bits per heavy atom. The van der Waals surface area contributed by atoms with E-state index in [0.29, 0.717) is 11.1 Å². The van der Waals surface area contributed by atoms with Crippen LogP contribution >= 0.6 is 0 Å². The van der Waals surface area contributed by atoms with Crippen molar-refractivity contribution in [3.8, 4) is 0 Å². The van der Waals surface area contributed by atoms with Crippen LogP contribution < -0.4 is 5.32 Å². The van der Waals surface area contributed by atoms with Crippen molar-refractivity contribution >= 4 is 28.4 Å². The van der Waals surface area contributed by atoms with Crippen molar-refractivity contribution in [1.29, 1.82) is 0 Å². The maximum absolute atomic E-state index is 12.7. The summed E-state index contributed by atoms with van der Waals surface area (Å²) in [6.45, 7) is 0. The second-order valence-electron chi connectivity index (χ2n) is 8.10. The van der Waals surface area contributed by atoms with E-state index >= 15 is 0 Å². The molecule has 4 aromatic rings. The number of esters is 1. The second-order valence-corrected chi connectivity index (χ2v) is 8.10. The molecule has 0 bridgehead atoms. The Hall–Kier alpha value is -4.25. The lowest BCUT2D eigenvalue weighted by Crippen LogP contribution is -2.43. The van der Waals surface area contributed by atoms with Crippen LogP contribution in [0.3, 0.4) is 0 Å². The van der Waals surface area contributed by atoms with Crippen molar-refractivity contribution in [1.82, 2.24) is 5.32 Å². The summed E-state index contributed by atoms with van der Waals surface area (Å²) in [5, 5.41) is 4.96. The van der Waals surface area contributed by atoms with Gasteiger partial charge in [-0.15, -0.1) is 0 Å². The van der Waals surface area contributed by atoms with Gasteiger partial charge in [-0.2, -0.15) is 0 Å². The quantitative estimate of drug-likeness (QED) is 0.316. The van der Waals surface area contributed by atoms with Gasteiger partial charge in [0.15, 0.2) is 5.78 Å². The van der Waals surface area contributed by atoms with Crippen LogP contribution in [-0.4, -0.2) is 30.8 Å². The van der Waals surface area contributed by atoms with Crippen molar-refractivity contribution in [3.63, 3.8) is 0 Å². The molecule has 1 N–H and O–H groups in total. The molecule has 0 radical (unpaired) electrons. The summed E-state index contributed by atoms with van der Waals surface area (Å²) < 4.78 is 4.91. The Bertz CT molecular complexity index is 1310. The molecule has 1 atom stereocenters. The molecule has 0 saturated carbocycles. The van der Waals surface area contributed by atoms with E-state index in [-0.39, 0.29) is 24.5 Å². The number of amides is 1. The molecule has 0 aliphatic rings. The molecule has 0 saturated heterocycles. The Morgan fingerprint density at radius 1 is 0.735 bits per heavy atom. The van der Waals surface area contributed by atoms with Crippen molar-refractivity contribution in [2.75, 3.05) is 7.11 Å². The number of carbonyl (C=O) groups is 3. The van der Waals surface area contributed by atoms with E-state index in [9.17, 15) is 14.4 Å². The summed E-state index contributed by atoms with van der Waals surface area (Å²) in [7, 11) is 1.30. The molecule has 0 aromatic heterocycles. The molecule has 1 amide bonds. The summed E-state index contributed by atoms with van der Waals surface area (Å²) in [5.41, 5.74) is 2.85. The van der Waals surface area contributed by atoms with Crippen LogP contribution in [0.4, 0.5) is 0 Å². The van der Waals surface area contributed by atoms with Crippen LogP contribution in [0, 0.1) is 0 Å². The molecule has 0 aliphatic heterocycles. The minimum absolute atomic E-state index is 0.0691. The lowest BCUT2D eigenvalue weighted by Gasteiger charge is -2.17. The molecule has 0 spiro atoms. The topological polar surface area (TPSA) is 72.5 Å². The van der Waals surface area contributed by atoms with Crippen LogP contribution in [0.15, 0.2) is 97.1 Å². The number of benzene rings is 4. The number of hydrogen-bond acceptors (Lipinski definition) is 4. The number of fused-ring (bicyclic) bond motifs is 1. The minimum atomic E-state index is -0.825. The zero-order valence-electron chi connectivity index (χ0n) is 18.9. The Kier molecular flexibility index (Phi) is 7.13. The summed E-state index contributed by atoms with van der Waals surface area (Å²) in [6.07, 6.45) is 0.415. The highest BCUT2D eigenvalue weighted by molar-refractivity contribution is 6.08. The van der Waals surface area contributed by atoms with E-state index in [2.05, 4.69) is 5.32 Å². The smallest absolute Gasteiger partial charge is 0.328 e. The third-order valence-electron chi connectivity index (χ3n) is 5.69. The molecule has 34 heavy (non-hydrogen) atoms. The van der Waals surface area contributed by atoms with Crippen molar-refractivity contribution in [3.05, 3.63) is 119 Å². The van der Waals surface area contributed by atoms with Crippen LogP contribution in [-0.2, 0) is 27.2 Å². The lowest BCUT2D eigenvalue weighted by molar-refractivity contribution is -0.145. The number of methoxy groups -OCH3 is 1. The fraction of sp³-hybridized carbons (Fsp3) is 0.138. The molecular weight excluding hydrogens is 426 g/mol. The largest absolute Gasteiger partial charge is 0.467 e. The van der Waals surface area contributed by atoms with Gasteiger partial charge in [0.2, 0.25) is 5.91 Å². The van der Waals surface area contributed by atoms with Gasteiger partial charge in [0.25, 0.3) is 0 Å². The van der Waals surface area contributed by atoms with E-state index < -0.39 is 12.0 Å². The number of rotatable bonds is 8. The average molecular weight is 452 g/mol. The first-order valence-corrected chi connectivity index (χ1v) is 11.1. The van der Waals surface area contributed by atoms with Gasteiger partial charge in [0, 0.05) is 17.5 Å². The zero-order chi connectivity index (χ0) is 23.9. The normalized spacial score (nSPS) is 11.6. The van der Waals surface area contributed by atoms with E-state index in [4.69, 9.17) is 4.74 Å². The van der Waals surface area contributed by atoms with Gasteiger partial charge in [-0.1, -0.05) is 97.1 Å². The van der Waals surface area contributed by atoms with Gasteiger partial charge >= 0.3 is 5.97 Å². The zero-order valence-corrected chi connectivity index (χ0v) is 18.9. The van der Waals surface area contributed by atoms with Crippen LogP contribution in [0.25, 0.3) is 10.8 Å². The molecule has 0 unspecified atom stereocenters. The van der Waals surface area contributed by atoms with Crippen molar-refractivity contribution in [2.45, 2.75) is 18.9 Å². The van der Waals surface area contributed by atoms with Crippen molar-refractivity contribution < 1.29 is 19.1 Å². The van der Waals surface area contributed by atoms with E-state index in [1.165, 1.54) is 7.11 Å². The minimum Gasteiger partial charge on any atom is -0.467 e. The highest BCUT2D eigenvalue weighted by Gasteiger charge is 2.22. The third kappa shape index (κ3) is 5.56. The first-order valence-electron chi connectivity index (χ1n) is 11.1. The van der Waals surface area contributed by atoms with Gasteiger partial charge in [-0.05, 0) is 21.9 Å². The third-order valence-corrected chi connectivity index (χ3v) is 5.69. The van der Waals surface area contributed by atoms with Crippen molar-refractivity contribution in [2.24, 2.45) is 0 Å². The Morgan fingerprint density at radius 3 is 2.06 bits per heavy atom. The molecule has 0 heterocycles. The molecule has 5 nitrogen and oxygen atoms in total. The number of ketones is 1. The highest BCUT2D eigenvalue weighted by Crippen LogP contribution is 2.16. The predicted molar refractivity (Wildman–Crippen MR) is 132 cm³/mol. The highest BCUT2D eigenvalue weighted by atomic mass is 16.5. The number of nitrogens with one attached hydrogen (secondary N) is 1. The van der Waals surface area contributed by atoms with E-state index in [1.54, 1.807) is 36.4 Å². The Labute approximate surface area is 198 Å². The van der Waals surface area contributed by atoms with Gasteiger partial charge in [0.05, 0.1) is 13.5 Å². The molecule has 4 rings (SSSR count). The van der Waals surface area contributed by atoms with Gasteiger partial charge in [-0.25, -0.2) is 4.79 Å². The molecular formula is C29H25NO4. The molecule has 5 heteroatoms. The summed E-state index contributed by atoms with van der Waals surface area (Å²) in [5.74, 6) is -0.849. The molecule has 4 aromatic carbocycles. The first kappa shape index (κ1) is 22.9. The fourth-order valence-corrected chi connectivity index (χ4v) is 3.90. The number of carbonyl (C=O) groups excluding carboxylic acids is 3. The van der Waals surface area contributed by atoms with Gasteiger partial charge in [-0.3, -0.25) is 9.59 Å². The van der Waals surface area contributed by atoms with E-state index in [0.717, 1.165) is 21.9 Å². The van der Waals surface area contributed by atoms with Gasteiger partial charge < -0.3 is 10.1 Å². The number of ether oxygens (including phenoxy) is 1. The summed E-state index contributed by atoms with van der Waals surface area (Å²) in [4.78, 5) is 37.7. The maximum atomic E-state index is 12.7. The predicted octanol–water partition coefficient (Wildman–Crippen LogP) is 4.51. The summed E-state index contributed by atoms with van der Waals surface area (Å²) >= 11 is 0.